The van der Waals surface area contributed by atoms with Gasteiger partial charge < -0.3 is 5.32 Å². The third kappa shape index (κ3) is 2.91. The predicted molar refractivity (Wildman–Crippen MR) is 53.5 cm³/mol. The molecule has 0 atom stereocenters. The van der Waals surface area contributed by atoms with Crippen LogP contribution in [0, 0.1) is 6.92 Å². The van der Waals surface area contributed by atoms with Crippen LogP contribution < -0.4 is 5.32 Å². The molecule has 0 amide bonds. The lowest BCUT2D eigenvalue weighted by Crippen LogP contribution is -2.14. The third-order valence-corrected chi connectivity index (χ3v) is 2.77. The Balaban J connectivity index is 2.20. The van der Waals surface area contributed by atoms with Crippen LogP contribution in [-0.2, 0) is 6.54 Å². The van der Waals surface area contributed by atoms with Gasteiger partial charge in [0.15, 0.2) is 0 Å². The van der Waals surface area contributed by atoms with Gasteiger partial charge in [-0.3, -0.25) is 0 Å². The summed E-state index contributed by atoms with van der Waals surface area (Å²) >= 11 is 1.73. The molecule has 1 aromatic heterocycles. The number of aromatic nitrogens is 1. The average Bonchev–Trinajstić information content (AvgIpc) is 2.46. The first-order chi connectivity index (χ1) is 5.84. The lowest BCUT2D eigenvalue weighted by atomic mass is 10.3. The molecule has 0 aliphatic rings. The fraction of sp³-hybridized carbons (Fsp3) is 0.667. The minimum Gasteiger partial charge on any atom is -0.312 e. The Bertz CT molecular complexity index is 220. The average molecular weight is 184 g/mol. The summed E-state index contributed by atoms with van der Waals surface area (Å²) in [4.78, 5) is 5.56. The van der Waals surface area contributed by atoms with E-state index < -0.39 is 0 Å². The number of nitrogens with one attached hydrogen (secondary N) is 1. The molecular formula is C9H16N2S. The summed E-state index contributed by atoms with van der Waals surface area (Å²) < 4.78 is 0. The van der Waals surface area contributed by atoms with Crippen LogP contribution >= 0.6 is 11.3 Å². The number of thiazole rings is 1. The SMILES string of the molecule is CCCCNCc1scnc1C. The molecule has 0 unspecified atom stereocenters. The van der Waals surface area contributed by atoms with E-state index in [1.807, 2.05) is 5.51 Å². The maximum Gasteiger partial charge on any atom is 0.0798 e. The van der Waals surface area contributed by atoms with Crippen molar-refractivity contribution in [3.05, 3.63) is 16.1 Å². The quantitative estimate of drug-likeness (QED) is 0.710. The number of unbranched alkanes of at least 4 members (excludes halogenated alkanes) is 1. The van der Waals surface area contributed by atoms with Gasteiger partial charge in [-0.05, 0) is 19.9 Å². The predicted octanol–water partition coefficient (Wildman–Crippen LogP) is 2.34. The number of aryl methyl sites for hydroxylation is 1. The van der Waals surface area contributed by atoms with E-state index in [0.717, 1.165) is 13.1 Å². The molecular weight excluding hydrogens is 168 g/mol. The zero-order chi connectivity index (χ0) is 8.81. The van der Waals surface area contributed by atoms with Gasteiger partial charge >= 0.3 is 0 Å². The normalized spacial score (nSPS) is 10.5. The smallest absolute Gasteiger partial charge is 0.0798 e. The molecule has 12 heavy (non-hydrogen) atoms. The topological polar surface area (TPSA) is 24.9 Å². The molecule has 1 aromatic rings. The third-order valence-electron chi connectivity index (χ3n) is 1.84. The summed E-state index contributed by atoms with van der Waals surface area (Å²) in [5.41, 5.74) is 3.08. The second-order valence-electron chi connectivity index (χ2n) is 2.89. The van der Waals surface area contributed by atoms with Crippen LogP contribution in [0.25, 0.3) is 0 Å². The van der Waals surface area contributed by atoms with Crippen molar-refractivity contribution in [3.8, 4) is 0 Å². The van der Waals surface area contributed by atoms with Crippen LogP contribution in [0.15, 0.2) is 5.51 Å². The van der Waals surface area contributed by atoms with Gasteiger partial charge in [-0.2, -0.15) is 0 Å². The standard InChI is InChI=1S/C9H16N2S/c1-3-4-5-10-6-9-8(2)11-7-12-9/h7,10H,3-6H2,1-2H3. The van der Waals surface area contributed by atoms with Crippen molar-refractivity contribution in [2.45, 2.75) is 33.2 Å². The van der Waals surface area contributed by atoms with Gasteiger partial charge in [-0.1, -0.05) is 13.3 Å². The lowest BCUT2D eigenvalue weighted by molar-refractivity contribution is 0.644. The molecule has 0 saturated heterocycles. The van der Waals surface area contributed by atoms with Crippen molar-refractivity contribution in [1.29, 1.82) is 0 Å². The molecule has 68 valence electrons. The minimum absolute atomic E-state index is 0.983. The van der Waals surface area contributed by atoms with E-state index in [4.69, 9.17) is 0 Å². The maximum atomic E-state index is 4.19. The second kappa shape index (κ2) is 5.27. The Morgan fingerprint density at radius 3 is 3.00 bits per heavy atom. The molecule has 0 aliphatic heterocycles. The van der Waals surface area contributed by atoms with Gasteiger partial charge in [-0.25, -0.2) is 4.98 Å². The molecule has 0 aliphatic carbocycles. The number of hydrogen-bond donors (Lipinski definition) is 1. The van der Waals surface area contributed by atoms with Crippen molar-refractivity contribution in [2.24, 2.45) is 0 Å². The van der Waals surface area contributed by atoms with Gasteiger partial charge in [0, 0.05) is 11.4 Å². The van der Waals surface area contributed by atoms with Gasteiger partial charge in [-0.15, -0.1) is 11.3 Å². The number of rotatable bonds is 5. The van der Waals surface area contributed by atoms with Crippen molar-refractivity contribution >= 4 is 11.3 Å². The van der Waals surface area contributed by atoms with Crippen LogP contribution in [0.1, 0.15) is 30.3 Å². The highest BCUT2D eigenvalue weighted by molar-refractivity contribution is 7.09. The minimum atomic E-state index is 0.983. The summed E-state index contributed by atoms with van der Waals surface area (Å²) in [6.07, 6.45) is 2.52. The monoisotopic (exact) mass is 184 g/mol. The zero-order valence-electron chi connectivity index (χ0n) is 7.76. The molecule has 0 aromatic carbocycles. The Morgan fingerprint density at radius 1 is 1.58 bits per heavy atom. The summed E-state index contributed by atoms with van der Waals surface area (Å²) in [6.45, 7) is 6.37. The van der Waals surface area contributed by atoms with Crippen molar-refractivity contribution in [2.75, 3.05) is 6.54 Å². The van der Waals surface area contributed by atoms with E-state index in [1.54, 1.807) is 11.3 Å². The fourth-order valence-corrected chi connectivity index (χ4v) is 1.75. The molecule has 3 heteroatoms. The van der Waals surface area contributed by atoms with Gasteiger partial charge in [0.25, 0.3) is 0 Å². The van der Waals surface area contributed by atoms with Crippen LogP contribution in [0.5, 0.6) is 0 Å². The summed E-state index contributed by atoms with van der Waals surface area (Å²) in [5, 5.41) is 3.40. The van der Waals surface area contributed by atoms with E-state index in [1.165, 1.54) is 23.4 Å². The molecule has 0 bridgehead atoms. The van der Waals surface area contributed by atoms with E-state index in [-0.39, 0.29) is 0 Å². The Labute approximate surface area is 78.0 Å². The summed E-state index contributed by atoms with van der Waals surface area (Å²) in [7, 11) is 0. The molecule has 1 rings (SSSR count). The Morgan fingerprint density at radius 2 is 2.42 bits per heavy atom. The molecule has 2 nitrogen and oxygen atoms in total. The zero-order valence-corrected chi connectivity index (χ0v) is 8.58. The molecule has 1 N–H and O–H groups in total. The highest BCUT2D eigenvalue weighted by Crippen LogP contribution is 2.10. The van der Waals surface area contributed by atoms with Gasteiger partial charge in [0.2, 0.25) is 0 Å². The Hall–Kier alpha value is -0.410. The van der Waals surface area contributed by atoms with Gasteiger partial charge in [0.1, 0.15) is 0 Å². The largest absolute Gasteiger partial charge is 0.312 e. The molecule has 1 heterocycles. The second-order valence-corrected chi connectivity index (χ2v) is 3.83. The highest BCUT2D eigenvalue weighted by atomic mass is 32.1. The van der Waals surface area contributed by atoms with Crippen LogP contribution in [0.4, 0.5) is 0 Å². The Kier molecular flexibility index (Phi) is 4.25. The first-order valence-corrected chi connectivity index (χ1v) is 5.32. The molecule has 0 fully saturated rings. The van der Waals surface area contributed by atoms with Gasteiger partial charge in [0.05, 0.1) is 11.2 Å². The van der Waals surface area contributed by atoms with Crippen LogP contribution in [-0.4, -0.2) is 11.5 Å². The summed E-state index contributed by atoms with van der Waals surface area (Å²) in [6, 6.07) is 0. The molecule has 0 spiro atoms. The number of nitrogens with zero attached hydrogens (tertiary/aromatic N) is 1. The number of hydrogen-bond acceptors (Lipinski definition) is 3. The van der Waals surface area contributed by atoms with E-state index >= 15 is 0 Å². The first kappa shape index (κ1) is 9.68. The summed E-state index contributed by atoms with van der Waals surface area (Å²) in [5.74, 6) is 0. The van der Waals surface area contributed by atoms with E-state index in [2.05, 4.69) is 24.1 Å². The van der Waals surface area contributed by atoms with E-state index in [0.29, 0.717) is 0 Å². The molecule has 0 saturated carbocycles. The maximum absolute atomic E-state index is 4.19. The van der Waals surface area contributed by atoms with Crippen molar-refractivity contribution in [3.63, 3.8) is 0 Å². The van der Waals surface area contributed by atoms with E-state index in [9.17, 15) is 0 Å². The lowest BCUT2D eigenvalue weighted by Gasteiger charge is -2.01. The first-order valence-electron chi connectivity index (χ1n) is 4.44. The van der Waals surface area contributed by atoms with Crippen LogP contribution in [0.2, 0.25) is 0 Å². The van der Waals surface area contributed by atoms with Crippen LogP contribution in [0.3, 0.4) is 0 Å². The fourth-order valence-electron chi connectivity index (χ4n) is 1.000. The van der Waals surface area contributed by atoms with Crippen molar-refractivity contribution < 1.29 is 0 Å². The molecule has 0 radical (unpaired) electrons. The highest BCUT2D eigenvalue weighted by Gasteiger charge is 1.98. The van der Waals surface area contributed by atoms with Crippen molar-refractivity contribution in [1.82, 2.24) is 10.3 Å².